The molecule has 4 aromatic rings. The van der Waals surface area contributed by atoms with Gasteiger partial charge in [-0.2, -0.15) is 21.4 Å². The summed E-state index contributed by atoms with van der Waals surface area (Å²) < 4.78 is 123. The number of fused-ring (bicyclic) bond motifs is 2. The molecule has 0 saturated carbocycles. The Morgan fingerprint density at radius 2 is 1.33 bits per heavy atom. The lowest BCUT2D eigenvalue weighted by atomic mass is 10.00. The molecule has 2 N–H and O–H groups in total. The van der Waals surface area contributed by atoms with Crippen LogP contribution in [0.25, 0.3) is 21.8 Å². The second-order valence-corrected chi connectivity index (χ2v) is 18.3. The summed E-state index contributed by atoms with van der Waals surface area (Å²) in [6.45, 7) is 2.56. The van der Waals surface area contributed by atoms with Crippen LogP contribution in [0.2, 0.25) is 0 Å². The molecule has 1 aliphatic rings. The number of carbonyl (C=O) groups excluding carboxylic acids is 4. The molecule has 2 heterocycles. The standard InChI is InChI=1S/C37H40N2O18S3/c1-22-17-24(36(42)57-39-31(40)9-10-32(39)41)18-23(2)35(22)56-37(43)33-27-19-25(54-12-5-15-59(47,48)49)7-8-29(27)38(11-4-14-58(44,45)46)34-28(33)20-26(21-30(34)53-3)55-13-6-16-60(50,51)52/h7-8,17-21H,4-6,9-16H2,1-3H3,(H2-,44,45,46,47,48,49,50,51,52). The number of esters is 1. The van der Waals surface area contributed by atoms with Gasteiger partial charge in [0, 0.05) is 37.1 Å². The van der Waals surface area contributed by atoms with E-state index in [0.717, 1.165) is 0 Å². The summed E-state index contributed by atoms with van der Waals surface area (Å²) in [7, 11) is -11.9. The highest BCUT2D eigenvalue weighted by atomic mass is 32.2. The lowest BCUT2D eigenvalue weighted by Crippen LogP contribution is -2.38. The molecular weight excluding hydrogens is 857 g/mol. The fourth-order valence-corrected chi connectivity index (χ4v) is 7.93. The Balaban J connectivity index is 1.66. The van der Waals surface area contributed by atoms with Gasteiger partial charge < -0.3 is 28.3 Å². The first-order valence-corrected chi connectivity index (χ1v) is 22.9. The average molecular weight is 897 g/mol. The van der Waals surface area contributed by atoms with E-state index < -0.39 is 71.4 Å². The molecule has 23 heteroatoms. The molecule has 0 unspecified atom stereocenters. The first-order chi connectivity index (χ1) is 28.0. The Hall–Kier alpha value is -5.46. The van der Waals surface area contributed by atoms with E-state index >= 15 is 0 Å². The van der Waals surface area contributed by atoms with Gasteiger partial charge in [-0.1, -0.05) is 0 Å². The normalized spacial score (nSPS) is 13.5. The van der Waals surface area contributed by atoms with Crippen LogP contribution in [-0.4, -0.2) is 105 Å². The van der Waals surface area contributed by atoms with Crippen LogP contribution >= 0.6 is 0 Å². The van der Waals surface area contributed by atoms with Crippen molar-refractivity contribution in [2.45, 2.75) is 52.5 Å². The molecule has 60 heavy (non-hydrogen) atoms. The van der Waals surface area contributed by atoms with E-state index in [1.807, 2.05) is 0 Å². The van der Waals surface area contributed by atoms with Gasteiger partial charge in [-0.3, -0.25) is 18.7 Å². The zero-order valence-corrected chi connectivity index (χ0v) is 34.8. The fourth-order valence-electron chi connectivity index (χ4n) is 6.48. The SMILES string of the molecule is COc1cc(OCCCS(=O)(=O)O)cc2c(C(=O)Oc3c(C)cc(C(=O)ON4C(=O)CCC4=O)cc3C)c3cc(OCCCS(=O)(=O)O)ccc3[n+](CCCS(=O)(=O)[O-])c12. The fraction of sp³-hybridized carbons (Fsp3) is 0.378. The lowest BCUT2D eigenvalue weighted by Gasteiger charge is -2.18. The monoisotopic (exact) mass is 896 g/mol. The number of benzene rings is 3. The Labute approximate surface area is 344 Å². The number of hydrogen-bond acceptors (Lipinski definition) is 16. The summed E-state index contributed by atoms with van der Waals surface area (Å²) in [6.07, 6.45) is -0.628. The summed E-state index contributed by atoms with van der Waals surface area (Å²) in [5.41, 5.74) is 0.828. The molecular formula is C37H40N2O18S3. The largest absolute Gasteiger partial charge is 0.748 e. The van der Waals surface area contributed by atoms with Crippen molar-refractivity contribution in [2.75, 3.05) is 37.6 Å². The Kier molecular flexibility index (Phi) is 14.0. The topological polar surface area (TPSA) is 287 Å². The summed E-state index contributed by atoms with van der Waals surface area (Å²) in [5, 5.41) is 0.637. The maximum Gasteiger partial charge on any atom is 0.363 e. The van der Waals surface area contributed by atoms with Crippen LogP contribution in [0.4, 0.5) is 0 Å². The molecule has 0 bridgehead atoms. The van der Waals surface area contributed by atoms with E-state index in [-0.39, 0.29) is 113 Å². The van der Waals surface area contributed by atoms with Gasteiger partial charge in [0.2, 0.25) is 5.52 Å². The molecule has 0 radical (unpaired) electrons. The number of ether oxygens (including phenoxy) is 4. The molecule has 0 aliphatic carbocycles. The molecule has 324 valence electrons. The zero-order valence-electron chi connectivity index (χ0n) is 32.4. The van der Waals surface area contributed by atoms with Crippen molar-refractivity contribution in [3.05, 3.63) is 64.7 Å². The second-order valence-electron chi connectivity index (χ2n) is 13.6. The molecule has 1 fully saturated rings. The van der Waals surface area contributed by atoms with Crippen LogP contribution in [0, 0.1) is 13.8 Å². The molecule has 1 aliphatic heterocycles. The van der Waals surface area contributed by atoms with Gasteiger partial charge in [-0.05, 0) is 68.1 Å². The predicted molar refractivity (Wildman–Crippen MR) is 208 cm³/mol. The minimum Gasteiger partial charge on any atom is -0.748 e. The Bertz CT molecular complexity index is 2680. The highest BCUT2D eigenvalue weighted by Crippen LogP contribution is 2.37. The lowest BCUT2D eigenvalue weighted by molar-refractivity contribution is -0.645. The highest BCUT2D eigenvalue weighted by molar-refractivity contribution is 7.86. The number of hydrogen-bond donors (Lipinski definition) is 2. The summed E-state index contributed by atoms with van der Waals surface area (Å²) >= 11 is 0. The number of rotatable bonds is 19. The van der Waals surface area contributed by atoms with Crippen LogP contribution in [0.3, 0.4) is 0 Å². The molecule has 3 aromatic carbocycles. The zero-order chi connectivity index (χ0) is 44.2. The third kappa shape index (κ3) is 11.6. The van der Waals surface area contributed by atoms with Crippen LogP contribution in [0.5, 0.6) is 23.0 Å². The van der Waals surface area contributed by atoms with Gasteiger partial charge >= 0.3 is 11.9 Å². The molecule has 0 atom stereocenters. The molecule has 1 aromatic heterocycles. The third-order valence-corrected chi connectivity index (χ3v) is 11.4. The summed E-state index contributed by atoms with van der Waals surface area (Å²) in [4.78, 5) is 56.7. The van der Waals surface area contributed by atoms with E-state index in [1.165, 1.54) is 63.4 Å². The van der Waals surface area contributed by atoms with Crippen molar-refractivity contribution in [1.82, 2.24) is 5.06 Å². The van der Waals surface area contributed by atoms with Crippen LogP contribution in [0.15, 0.2) is 42.5 Å². The summed E-state index contributed by atoms with van der Waals surface area (Å²) in [6, 6.07) is 9.95. The van der Waals surface area contributed by atoms with Crippen LogP contribution in [-0.2, 0) is 51.3 Å². The van der Waals surface area contributed by atoms with Crippen molar-refractivity contribution in [1.29, 1.82) is 0 Å². The number of nitrogens with zero attached hydrogens (tertiary/aromatic N) is 2. The molecule has 2 amide bonds. The average Bonchev–Trinajstić information content (AvgIpc) is 3.46. The van der Waals surface area contributed by atoms with Crippen molar-refractivity contribution >= 4 is 75.9 Å². The first-order valence-electron chi connectivity index (χ1n) is 18.1. The van der Waals surface area contributed by atoms with E-state index in [9.17, 15) is 53.5 Å². The van der Waals surface area contributed by atoms with Gasteiger partial charge in [0.25, 0.3) is 37.6 Å². The number of methoxy groups -OCH3 is 1. The number of imide groups is 1. The molecule has 5 rings (SSSR count). The summed E-state index contributed by atoms with van der Waals surface area (Å²) in [5.74, 6) is -5.01. The van der Waals surface area contributed by atoms with Gasteiger partial charge in [-0.15, -0.1) is 5.06 Å². The van der Waals surface area contributed by atoms with Crippen molar-refractivity contribution in [3.63, 3.8) is 0 Å². The minimum atomic E-state index is -4.65. The number of pyridine rings is 1. The second kappa shape index (κ2) is 18.4. The molecule has 1 saturated heterocycles. The van der Waals surface area contributed by atoms with E-state index in [2.05, 4.69) is 0 Å². The number of aromatic nitrogens is 1. The maximum atomic E-state index is 14.7. The van der Waals surface area contributed by atoms with Gasteiger partial charge in [0.1, 0.15) is 17.2 Å². The highest BCUT2D eigenvalue weighted by Gasteiger charge is 2.34. The van der Waals surface area contributed by atoms with E-state index in [4.69, 9.17) is 28.3 Å². The first kappa shape index (κ1) is 45.6. The van der Waals surface area contributed by atoms with E-state index in [0.29, 0.717) is 10.6 Å². The molecule has 20 nitrogen and oxygen atoms in total. The third-order valence-electron chi connectivity index (χ3n) is 9.02. The number of amides is 2. The Morgan fingerprint density at radius 3 is 1.88 bits per heavy atom. The predicted octanol–water partition coefficient (Wildman–Crippen LogP) is 2.59. The van der Waals surface area contributed by atoms with Crippen molar-refractivity contribution < 1.29 is 86.4 Å². The molecule has 0 spiro atoms. The Morgan fingerprint density at radius 1 is 0.767 bits per heavy atom. The number of aryl methyl sites for hydroxylation is 3. The maximum absolute atomic E-state index is 14.7. The van der Waals surface area contributed by atoms with Gasteiger partial charge in [0.15, 0.2) is 12.3 Å². The van der Waals surface area contributed by atoms with Gasteiger partial charge in [0.05, 0.1) is 63.8 Å². The minimum absolute atomic E-state index is 0.00533. The van der Waals surface area contributed by atoms with Crippen molar-refractivity contribution in [3.8, 4) is 23.0 Å². The smallest absolute Gasteiger partial charge is 0.363 e. The van der Waals surface area contributed by atoms with E-state index in [1.54, 1.807) is 4.57 Å². The number of hydroxylamine groups is 2. The van der Waals surface area contributed by atoms with Crippen molar-refractivity contribution in [2.24, 2.45) is 0 Å². The number of carbonyl (C=O) groups is 4. The van der Waals surface area contributed by atoms with Crippen LogP contribution in [0.1, 0.15) is 63.9 Å². The van der Waals surface area contributed by atoms with Gasteiger partial charge in [-0.25, -0.2) is 18.0 Å². The quantitative estimate of drug-likeness (QED) is 0.0260. The van der Waals surface area contributed by atoms with Crippen LogP contribution < -0.4 is 23.5 Å².